The number of aryl methyl sites for hydroxylation is 1. The van der Waals surface area contributed by atoms with E-state index in [1.165, 1.54) is 38.1 Å². The molecule has 3 aromatic carbocycles. The van der Waals surface area contributed by atoms with Crippen LogP contribution in [0.1, 0.15) is 34.3 Å². The minimum absolute atomic E-state index is 0.0658. The molecule has 1 fully saturated rings. The van der Waals surface area contributed by atoms with Gasteiger partial charge in [-0.05, 0) is 86.9 Å². The van der Waals surface area contributed by atoms with Crippen LogP contribution < -0.4 is 21.1 Å². The Hall–Kier alpha value is -4.64. The van der Waals surface area contributed by atoms with Crippen LogP contribution in [0.2, 0.25) is 0 Å². The van der Waals surface area contributed by atoms with E-state index in [2.05, 4.69) is 25.5 Å². The molecule has 0 aliphatic carbocycles. The maximum absolute atomic E-state index is 12.6. The third-order valence-electron chi connectivity index (χ3n) is 6.52. The zero-order valence-electron chi connectivity index (χ0n) is 23.2. The summed E-state index contributed by atoms with van der Waals surface area (Å²) < 4.78 is 43.6. The van der Waals surface area contributed by atoms with Crippen LogP contribution in [0.25, 0.3) is 0 Å². The average molecular weight is 579 g/mol. The van der Waals surface area contributed by atoms with E-state index in [9.17, 15) is 18.0 Å². The zero-order valence-corrected chi connectivity index (χ0v) is 23.2. The topological polar surface area (TPSA) is 105 Å². The normalized spacial score (nSPS) is 13.1. The number of hydrogen-bond donors (Lipinski definition) is 3. The first kappa shape index (κ1) is 30.3. The van der Waals surface area contributed by atoms with Gasteiger partial charge in [0.25, 0.3) is 5.91 Å². The molecule has 0 spiro atoms. The fourth-order valence-corrected chi connectivity index (χ4v) is 4.21. The number of nitrogens with zero attached hydrogens (tertiary/aromatic N) is 3. The molecule has 0 unspecified atom stereocenters. The van der Waals surface area contributed by atoms with E-state index in [0.717, 1.165) is 42.3 Å². The molecular formula is C31H33F3N6O2. The number of carbonyl (C=O) groups is 1. The van der Waals surface area contributed by atoms with Gasteiger partial charge in [-0.3, -0.25) is 9.69 Å². The zero-order chi connectivity index (χ0) is 30.0. The Morgan fingerprint density at radius 2 is 1.69 bits per heavy atom. The number of benzene rings is 3. The molecule has 0 bridgehead atoms. The van der Waals surface area contributed by atoms with Crippen molar-refractivity contribution in [3.63, 3.8) is 0 Å². The molecule has 0 saturated carbocycles. The lowest BCUT2D eigenvalue weighted by Crippen LogP contribution is -2.25. The second kappa shape index (κ2) is 14.3. The number of aromatic nitrogens is 2. The number of halogens is 3. The van der Waals surface area contributed by atoms with Crippen molar-refractivity contribution in [2.45, 2.75) is 25.9 Å². The predicted octanol–water partition coefficient (Wildman–Crippen LogP) is 6.54. The average Bonchev–Trinajstić information content (AvgIpc) is 3.49. The van der Waals surface area contributed by atoms with Gasteiger partial charge in [0.2, 0.25) is 5.95 Å². The number of rotatable bonds is 8. The van der Waals surface area contributed by atoms with Gasteiger partial charge in [0.1, 0.15) is 12.4 Å². The van der Waals surface area contributed by atoms with Gasteiger partial charge in [-0.2, -0.15) is 13.2 Å². The number of hydrogen-bond acceptors (Lipinski definition) is 7. The molecule has 0 atom stereocenters. The summed E-state index contributed by atoms with van der Waals surface area (Å²) in [5.74, 6) is 0.839. The first-order chi connectivity index (χ1) is 20.2. The molecule has 2 heterocycles. The maximum Gasteiger partial charge on any atom is 0.416 e. The minimum atomic E-state index is -4.48. The van der Waals surface area contributed by atoms with E-state index >= 15 is 0 Å². The number of anilines is 4. The minimum Gasteiger partial charge on any atom is -0.492 e. The van der Waals surface area contributed by atoms with Crippen LogP contribution in [0.15, 0.2) is 85.2 Å². The Morgan fingerprint density at radius 1 is 0.952 bits per heavy atom. The fourth-order valence-electron chi connectivity index (χ4n) is 4.21. The molecule has 11 heteroatoms. The van der Waals surface area contributed by atoms with Crippen molar-refractivity contribution in [1.29, 1.82) is 0 Å². The Kier molecular flexibility index (Phi) is 10.3. The van der Waals surface area contributed by atoms with Gasteiger partial charge < -0.3 is 21.1 Å². The Balaban J connectivity index is 0.000000193. The SMILES string of the molecule is Cc1ccc(NC(=O)c2cccc(C(F)(F)F)c2)cc1N.c1cnc(Nc2cccc(OCCN3CCCC3)c2)nc1. The summed E-state index contributed by atoms with van der Waals surface area (Å²) >= 11 is 0. The number of nitrogen functional groups attached to an aromatic ring is 1. The van der Waals surface area contributed by atoms with E-state index in [1.807, 2.05) is 31.2 Å². The van der Waals surface area contributed by atoms with Gasteiger partial charge in [0.05, 0.1) is 5.56 Å². The Labute approximate surface area is 242 Å². The molecule has 1 saturated heterocycles. The van der Waals surface area contributed by atoms with E-state index in [4.69, 9.17) is 10.5 Å². The highest BCUT2D eigenvalue weighted by atomic mass is 19.4. The van der Waals surface area contributed by atoms with Crippen molar-refractivity contribution in [3.8, 4) is 5.75 Å². The summed E-state index contributed by atoms with van der Waals surface area (Å²) in [7, 11) is 0. The lowest BCUT2D eigenvalue weighted by molar-refractivity contribution is -0.137. The molecule has 8 nitrogen and oxygen atoms in total. The number of ether oxygens (including phenoxy) is 1. The fraction of sp³-hybridized carbons (Fsp3) is 0.258. The molecule has 220 valence electrons. The van der Waals surface area contributed by atoms with Gasteiger partial charge in [-0.15, -0.1) is 0 Å². The molecule has 0 radical (unpaired) electrons. The molecular weight excluding hydrogens is 545 g/mol. The number of likely N-dealkylation sites (tertiary alicyclic amines) is 1. The number of alkyl halides is 3. The van der Waals surface area contributed by atoms with E-state index in [0.29, 0.717) is 17.3 Å². The van der Waals surface area contributed by atoms with Crippen LogP contribution >= 0.6 is 0 Å². The van der Waals surface area contributed by atoms with Crippen molar-refractivity contribution < 1.29 is 22.7 Å². The largest absolute Gasteiger partial charge is 0.492 e. The van der Waals surface area contributed by atoms with Gasteiger partial charge in [-0.25, -0.2) is 9.97 Å². The Bertz CT molecular complexity index is 1460. The van der Waals surface area contributed by atoms with Crippen molar-refractivity contribution in [1.82, 2.24) is 14.9 Å². The van der Waals surface area contributed by atoms with Crippen molar-refractivity contribution >= 4 is 28.9 Å². The smallest absolute Gasteiger partial charge is 0.416 e. The second-order valence-electron chi connectivity index (χ2n) is 9.73. The van der Waals surface area contributed by atoms with Crippen LogP contribution in [0.3, 0.4) is 0 Å². The van der Waals surface area contributed by atoms with Crippen LogP contribution in [0.5, 0.6) is 5.75 Å². The molecule has 42 heavy (non-hydrogen) atoms. The summed E-state index contributed by atoms with van der Waals surface area (Å²) in [4.78, 5) is 22.7. The van der Waals surface area contributed by atoms with Gasteiger partial charge >= 0.3 is 6.18 Å². The molecule has 1 aromatic heterocycles. The highest BCUT2D eigenvalue weighted by molar-refractivity contribution is 6.04. The van der Waals surface area contributed by atoms with E-state index < -0.39 is 17.6 Å². The van der Waals surface area contributed by atoms with Crippen LogP contribution in [0.4, 0.5) is 36.2 Å². The monoisotopic (exact) mass is 578 g/mol. The van der Waals surface area contributed by atoms with Crippen LogP contribution in [-0.2, 0) is 6.18 Å². The van der Waals surface area contributed by atoms with Crippen LogP contribution in [-0.4, -0.2) is 47.0 Å². The van der Waals surface area contributed by atoms with Gasteiger partial charge in [0, 0.05) is 47.6 Å². The summed E-state index contributed by atoms with van der Waals surface area (Å²) in [5.41, 5.74) is 7.50. The molecule has 1 amide bonds. The third-order valence-corrected chi connectivity index (χ3v) is 6.52. The molecule has 4 aromatic rings. The number of nitrogens with two attached hydrogens (primary N) is 1. The maximum atomic E-state index is 12.6. The first-order valence-electron chi connectivity index (χ1n) is 13.5. The standard InChI is InChI=1S/C16H20N4O.C15H13F3N2O/c1-2-10-20(9-1)11-12-21-15-6-3-5-14(13-15)19-16-17-7-4-8-18-16;1-9-5-6-12(8-13(9)19)20-14(21)10-3-2-4-11(7-10)15(16,17)18/h3-8,13H,1-2,9-12H2,(H,17,18,19);2-8H,19H2,1H3,(H,20,21). The van der Waals surface area contributed by atoms with Crippen LogP contribution in [0, 0.1) is 6.92 Å². The quantitative estimate of drug-likeness (QED) is 0.204. The molecule has 1 aliphatic heterocycles. The first-order valence-corrected chi connectivity index (χ1v) is 13.5. The highest BCUT2D eigenvalue weighted by Crippen LogP contribution is 2.30. The summed E-state index contributed by atoms with van der Waals surface area (Å²) in [6.07, 6.45) is 1.58. The summed E-state index contributed by atoms with van der Waals surface area (Å²) in [5, 5.41) is 5.68. The lowest BCUT2D eigenvalue weighted by Gasteiger charge is -2.15. The summed E-state index contributed by atoms with van der Waals surface area (Å²) in [6, 6.07) is 18.8. The number of carbonyl (C=O) groups excluding carboxylic acids is 1. The van der Waals surface area contributed by atoms with Gasteiger partial charge in [-0.1, -0.05) is 18.2 Å². The summed E-state index contributed by atoms with van der Waals surface area (Å²) in [6.45, 7) is 5.95. The predicted molar refractivity (Wildman–Crippen MR) is 158 cm³/mol. The molecule has 1 aliphatic rings. The van der Waals surface area contributed by atoms with E-state index in [-0.39, 0.29) is 5.56 Å². The Morgan fingerprint density at radius 3 is 2.40 bits per heavy atom. The highest BCUT2D eigenvalue weighted by Gasteiger charge is 2.30. The van der Waals surface area contributed by atoms with Crippen molar-refractivity contribution in [3.05, 3.63) is 102 Å². The number of nitrogens with one attached hydrogen (secondary N) is 2. The van der Waals surface area contributed by atoms with E-state index in [1.54, 1.807) is 36.7 Å². The second-order valence-corrected chi connectivity index (χ2v) is 9.73. The molecule has 4 N–H and O–H groups in total. The molecule has 5 rings (SSSR count). The lowest BCUT2D eigenvalue weighted by atomic mass is 10.1. The third kappa shape index (κ3) is 9.20. The number of amides is 1. The van der Waals surface area contributed by atoms with Crippen molar-refractivity contribution in [2.75, 3.05) is 42.6 Å². The van der Waals surface area contributed by atoms with Gasteiger partial charge in [0.15, 0.2) is 0 Å². The van der Waals surface area contributed by atoms with Crippen molar-refractivity contribution in [2.24, 2.45) is 0 Å².